The summed E-state index contributed by atoms with van der Waals surface area (Å²) in [7, 11) is 0. The molecule has 0 fully saturated rings. The van der Waals surface area contributed by atoms with Crippen molar-refractivity contribution in [2.75, 3.05) is 0 Å². The number of hydrogen-bond acceptors (Lipinski definition) is 5. The molecule has 0 rings (SSSR count). The first-order valence-electron chi connectivity index (χ1n) is 8.37. The van der Waals surface area contributed by atoms with Gasteiger partial charge in [-0.1, -0.05) is 58.3 Å². The second-order valence-electron chi connectivity index (χ2n) is 5.64. The topological polar surface area (TPSA) is 141 Å². The minimum absolute atomic E-state index is 0.532. The summed E-state index contributed by atoms with van der Waals surface area (Å²) in [5.41, 5.74) is 4.84. The van der Waals surface area contributed by atoms with Gasteiger partial charge >= 0.3 is 11.9 Å². The zero-order valence-corrected chi connectivity index (χ0v) is 14.1. The molecule has 0 amide bonds. The van der Waals surface area contributed by atoms with Gasteiger partial charge in [0, 0.05) is 0 Å². The van der Waals surface area contributed by atoms with Crippen LogP contribution in [-0.4, -0.2) is 44.7 Å². The van der Waals surface area contributed by atoms with Crippen LogP contribution in [0.1, 0.15) is 77.6 Å². The van der Waals surface area contributed by atoms with E-state index in [4.69, 9.17) is 26.2 Å². The number of carboxylic acids is 2. The van der Waals surface area contributed by atoms with E-state index in [1.54, 1.807) is 0 Å². The first-order valence-corrected chi connectivity index (χ1v) is 8.37. The Morgan fingerprint density at radius 1 is 0.870 bits per heavy atom. The highest BCUT2D eigenvalue weighted by atomic mass is 16.5. The first kappa shape index (κ1) is 24.1. The second kappa shape index (κ2) is 17.2. The van der Waals surface area contributed by atoms with Gasteiger partial charge in [0.25, 0.3) is 0 Å². The van der Waals surface area contributed by atoms with Crippen LogP contribution < -0.4 is 5.73 Å². The maximum absolute atomic E-state index is 9.85. The number of aliphatic hydroxyl groups is 2. The molecule has 0 saturated heterocycles. The van der Waals surface area contributed by atoms with Gasteiger partial charge in [0.2, 0.25) is 0 Å². The number of carbonyl (C=O) groups is 2. The molecule has 0 aromatic heterocycles. The molecule has 0 aliphatic heterocycles. The Balaban J connectivity index is 0. The van der Waals surface area contributed by atoms with Gasteiger partial charge in [-0.2, -0.15) is 0 Å². The quantitative estimate of drug-likeness (QED) is 0.256. The van der Waals surface area contributed by atoms with Crippen molar-refractivity contribution in [3.8, 4) is 0 Å². The van der Waals surface area contributed by atoms with Crippen molar-refractivity contribution < 1.29 is 30.0 Å². The predicted molar refractivity (Wildman–Crippen MR) is 87.9 cm³/mol. The number of unbranched alkanes of at least 4 members (excludes halogenated alkanes) is 8. The van der Waals surface area contributed by atoms with Crippen molar-refractivity contribution in [1.82, 2.24) is 0 Å². The van der Waals surface area contributed by atoms with Gasteiger partial charge in [-0.3, -0.25) is 9.59 Å². The first-order chi connectivity index (χ1) is 10.8. The van der Waals surface area contributed by atoms with Crippen LogP contribution in [0.2, 0.25) is 0 Å². The summed E-state index contributed by atoms with van der Waals surface area (Å²) in [5.74, 6) is -2.50. The van der Waals surface area contributed by atoms with Gasteiger partial charge in [-0.15, -0.1) is 0 Å². The lowest BCUT2D eigenvalue weighted by Gasteiger charge is -2.03. The molecule has 0 saturated carbocycles. The van der Waals surface area contributed by atoms with E-state index in [1.807, 2.05) is 0 Å². The molecule has 1 atom stereocenters. The van der Waals surface area contributed by atoms with Crippen molar-refractivity contribution in [3.63, 3.8) is 0 Å². The molecule has 0 bridgehead atoms. The fraction of sp³-hybridized carbons (Fsp3) is 0.875. The van der Waals surface area contributed by atoms with E-state index in [0.29, 0.717) is 6.42 Å². The summed E-state index contributed by atoms with van der Waals surface area (Å²) >= 11 is 0. The Morgan fingerprint density at radius 3 is 1.61 bits per heavy atom. The fourth-order valence-electron chi connectivity index (χ4n) is 1.91. The molecule has 0 aliphatic carbocycles. The molecule has 138 valence electrons. The Bertz CT molecular complexity index is 296. The van der Waals surface area contributed by atoms with E-state index in [9.17, 15) is 9.59 Å². The maximum Gasteiger partial charge on any atom is 0.321 e. The summed E-state index contributed by atoms with van der Waals surface area (Å²) in [5, 5.41) is 33.2. The summed E-state index contributed by atoms with van der Waals surface area (Å²) < 4.78 is 0. The third kappa shape index (κ3) is 23.2. The zero-order valence-electron chi connectivity index (χ0n) is 14.1. The highest BCUT2D eigenvalue weighted by Gasteiger charge is 2.14. The van der Waals surface area contributed by atoms with Crippen molar-refractivity contribution in [3.05, 3.63) is 0 Å². The van der Waals surface area contributed by atoms with Crippen molar-refractivity contribution in [2.24, 2.45) is 5.73 Å². The van der Waals surface area contributed by atoms with Crippen LogP contribution in [0.3, 0.4) is 0 Å². The fourth-order valence-corrected chi connectivity index (χ4v) is 1.91. The van der Waals surface area contributed by atoms with Gasteiger partial charge in [-0.25, -0.2) is 0 Å². The SMILES string of the molecule is CCCCCCCCCCCC(O)O.N[C@@H](CC(=O)O)C(=O)O. The molecule has 0 unspecified atom stereocenters. The van der Waals surface area contributed by atoms with Crippen LogP contribution in [0.15, 0.2) is 0 Å². The van der Waals surface area contributed by atoms with Crippen LogP contribution in [-0.2, 0) is 9.59 Å². The standard InChI is InChI=1S/C12H26O2.C4H7NO4/c1-2-3-4-5-6-7-8-9-10-11-12(13)14;5-2(4(8)9)1-3(6)7/h12-14H,2-11H2,1H3;2H,1,5H2,(H,6,7)(H,8,9)/t;2-/m.0/s1. The monoisotopic (exact) mass is 335 g/mol. The van der Waals surface area contributed by atoms with E-state index in [2.05, 4.69) is 6.92 Å². The average Bonchev–Trinajstić information content (AvgIpc) is 2.45. The zero-order chi connectivity index (χ0) is 18.1. The smallest absolute Gasteiger partial charge is 0.321 e. The largest absolute Gasteiger partial charge is 0.481 e. The number of aliphatic hydroxyl groups excluding tert-OH is 1. The summed E-state index contributed by atoms with van der Waals surface area (Å²) in [6.07, 6.45) is 10.3. The highest BCUT2D eigenvalue weighted by Crippen LogP contribution is 2.10. The van der Waals surface area contributed by atoms with E-state index >= 15 is 0 Å². The lowest BCUT2D eigenvalue weighted by Crippen LogP contribution is -2.32. The molecular weight excluding hydrogens is 302 g/mol. The summed E-state index contributed by atoms with van der Waals surface area (Å²) in [6.45, 7) is 2.24. The van der Waals surface area contributed by atoms with Crippen LogP contribution in [0, 0.1) is 0 Å². The third-order valence-electron chi connectivity index (χ3n) is 3.28. The maximum atomic E-state index is 9.85. The second-order valence-corrected chi connectivity index (χ2v) is 5.64. The van der Waals surface area contributed by atoms with E-state index in [1.165, 1.54) is 44.9 Å². The van der Waals surface area contributed by atoms with Gasteiger partial charge in [0.15, 0.2) is 6.29 Å². The molecule has 7 nitrogen and oxygen atoms in total. The van der Waals surface area contributed by atoms with E-state index in [-0.39, 0.29) is 0 Å². The van der Waals surface area contributed by atoms with E-state index in [0.717, 1.165) is 12.8 Å². The minimum atomic E-state index is -1.29. The van der Waals surface area contributed by atoms with Gasteiger partial charge < -0.3 is 26.2 Å². The number of carboxylic acid groups (broad SMARTS) is 2. The van der Waals surface area contributed by atoms with Crippen LogP contribution in [0.4, 0.5) is 0 Å². The molecule has 0 heterocycles. The molecular formula is C16H33NO6. The van der Waals surface area contributed by atoms with Gasteiger partial charge in [0.05, 0.1) is 6.42 Å². The summed E-state index contributed by atoms with van der Waals surface area (Å²) in [4.78, 5) is 19.6. The molecule has 0 spiro atoms. The number of aliphatic carboxylic acids is 2. The van der Waals surface area contributed by atoms with Gasteiger partial charge in [-0.05, 0) is 12.8 Å². The lowest BCUT2D eigenvalue weighted by molar-refractivity contribution is -0.144. The predicted octanol–water partition coefficient (Wildman–Crippen LogP) is 2.09. The molecule has 7 heteroatoms. The molecule has 0 aliphatic rings. The van der Waals surface area contributed by atoms with Crippen molar-refractivity contribution >= 4 is 11.9 Å². The van der Waals surface area contributed by atoms with Crippen molar-refractivity contribution in [2.45, 2.75) is 89.9 Å². The third-order valence-corrected chi connectivity index (χ3v) is 3.28. The molecule has 6 N–H and O–H groups in total. The molecule has 0 aromatic carbocycles. The molecule has 0 aromatic rings. The minimum Gasteiger partial charge on any atom is -0.481 e. The van der Waals surface area contributed by atoms with Gasteiger partial charge in [0.1, 0.15) is 6.04 Å². The number of rotatable bonds is 13. The van der Waals surface area contributed by atoms with E-state index < -0.39 is 30.7 Å². The highest BCUT2D eigenvalue weighted by molar-refractivity contribution is 5.80. The van der Waals surface area contributed by atoms with Crippen molar-refractivity contribution in [1.29, 1.82) is 0 Å². The number of hydrogen-bond donors (Lipinski definition) is 5. The van der Waals surface area contributed by atoms with Crippen LogP contribution >= 0.6 is 0 Å². The Labute approximate surface area is 138 Å². The Morgan fingerprint density at radius 2 is 1.30 bits per heavy atom. The Kier molecular flexibility index (Phi) is 18.0. The van der Waals surface area contributed by atoms with Crippen LogP contribution in [0.25, 0.3) is 0 Å². The normalized spacial score (nSPS) is 11.7. The van der Waals surface area contributed by atoms with Crippen LogP contribution in [0.5, 0.6) is 0 Å². The summed E-state index contributed by atoms with van der Waals surface area (Å²) in [6, 6.07) is -1.29. The molecule has 23 heavy (non-hydrogen) atoms. The lowest BCUT2D eigenvalue weighted by atomic mass is 10.1. The number of nitrogens with two attached hydrogens (primary N) is 1. The average molecular weight is 335 g/mol. The Hall–Kier alpha value is -1.18. The molecule has 0 radical (unpaired) electrons.